The van der Waals surface area contributed by atoms with Crippen molar-refractivity contribution < 1.29 is 15.0 Å². The Bertz CT molecular complexity index is 764. The van der Waals surface area contributed by atoms with Crippen molar-refractivity contribution in [3.8, 4) is 17.6 Å². The molecule has 0 unspecified atom stereocenters. The number of halogens is 1. The van der Waals surface area contributed by atoms with Crippen LogP contribution in [0.15, 0.2) is 42.5 Å². The zero-order valence-electron chi connectivity index (χ0n) is 12.1. The van der Waals surface area contributed by atoms with Gasteiger partial charge in [-0.25, -0.2) is 0 Å². The van der Waals surface area contributed by atoms with E-state index in [0.29, 0.717) is 0 Å². The molecule has 0 saturated carbocycles. The Morgan fingerprint density at radius 2 is 2.04 bits per heavy atom. The summed E-state index contributed by atoms with van der Waals surface area (Å²) in [7, 11) is 0. The van der Waals surface area contributed by atoms with Crippen LogP contribution in [-0.2, 0) is 0 Å². The first-order chi connectivity index (χ1) is 11.0. The second-order valence-corrected chi connectivity index (χ2v) is 4.67. The van der Waals surface area contributed by atoms with Crippen LogP contribution in [0, 0.1) is 17.3 Å². The fourth-order valence-corrected chi connectivity index (χ4v) is 1.69. The Kier molecular flexibility index (Phi) is 7.34. The minimum Gasteiger partial charge on any atom is -0.506 e. The maximum atomic E-state index is 10.5. The molecule has 2 aromatic carbocycles. The van der Waals surface area contributed by atoms with Crippen molar-refractivity contribution in [2.75, 3.05) is 6.61 Å². The van der Waals surface area contributed by atoms with E-state index < -0.39 is 5.91 Å². The number of hydrogen-bond donors (Lipinski definition) is 4. The summed E-state index contributed by atoms with van der Waals surface area (Å²) in [5.74, 6) is 4.69. The molecule has 0 aliphatic rings. The van der Waals surface area contributed by atoms with Crippen LogP contribution in [0.25, 0.3) is 0 Å². The number of aliphatic hydroxyl groups excluding tert-OH is 1. The van der Waals surface area contributed by atoms with Gasteiger partial charge in [0.1, 0.15) is 12.4 Å². The molecule has 118 valence electrons. The highest BCUT2D eigenvalue weighted by Gasteiger charge is 2.03. The molecule has 0 radical (unpaired) electrons. The predicted octanol–water partition coefficient (Wildman–Crippen LogP) is 2.17. The predicted molar refractivity (Wildman–Crippen MR) is 89.9 cm³/mol. The van der Waals surface area contributed by atoms with Crippen molar-refractivity contribution in [1.82, 2.24) is 0 Å². The van der Waals surface area contributed by atoms with Gasteiger partial charge in [-0.1, -0.05) is 35.6 Å². The zero-order valence-corrected chi connectivity index (χ0v) is 12.8. The normalized spacial score (nSPS) is 8.96. The molecule has 0 atom stereocenters. The van der Waals surface area contributed by atoms with Crippen molar-refractivity contribution in [3.05, 3.63) is 64.2 Å². The first kappa shape index (κ1) is 18.2. The lowest BCUT2D eigenvalue weighted by atomic mass is 10.1. The van der Waals surface area contributed by atoms with Crippen LogP contribution in [0.4, 0.5) is 0 Å². The van der Waals surface area contributed by atoms with Gasteiger partial charge in [-0.2, -0.15) is 0 Å². The van der Waals surface area contributed by atoms with Gasteiger partial charge < -0.3 is 21.4 Å². The molecular formula is C17H15ClN2O3. The molecule has 2 aromatic rings. The Morgan fingerprint density at radius 3 is 2.61 bits per heavy atom. The monoisotopic (exact) mass is 330 g/mol. The summed E-state index contributed by atoms with van der Waals surface area (Å²) in [5.41, 5.74) is 6.88. The first-order valence-electron chi connectivity index (χ1n) is 6.46. The van der Waals surface area contributed by atoms with Crippen molar-refractivity contribution >= 4 is 23.7 Å². The summed E-state index contributed by atoms with van der Waals surface area (Å²) in [5, 5.41) is 24.5. The first-order valence-corrected chi connectivity index (χ1v) is 6.84. The van der Waals surface area contributed by atoms with E-state index in [1.165, 1.54) is 24.4 Å². The van der Waals surface area contributed by atoms with Crippen molar-refractivity contribution in [2.24, 2.45) is 5.73 Å². The highest BCUT2D eigenvalue weighted by Crippen LogP contribution is 2.23. The second-order valence-electron chi connectivity index (χ2n) is 4.26. The fraction of sp³-hybridized carbons (Fsp3) is 0.0588. The molecule has 5 N–H and O–H groups in total. The number of nitrogens with two attached hydrogens (primary N) is 1. The average Bonchev–Trinajstić information content (AvgIpc) is 2.56. The number of aliphatic hydroxyl groups is 1. The standard InChI is InChI=1S/C10H9NO.C7H6ClNO2/c11-8-10-4-1-3-9(7-10)5-2-6-12;8-5-3-4(7(9)11)1-2-6(5)10/h1,3-4,7-8,11-12H,6H2;1-3,10H,(H2,9,11). The van der Waals surface area contributed by atoms with E-state index in [0.717, 1.165) is 11.1 Å². The van der Waals surface area contributed by atoms with E-state index in [9.17, 15) is 4.79 Å². The van der Waals surface area contributed by atoms with Gasteiger partial charge in [-0.3, -0.25) is 4.79 Å². The Balaban J connectivity index is 0.000000231. The molecule has 5 nitrogen and oxygen atoms in total. The molecule has 0 fully saturated rings. The SMILES string of the molecule is N=Cc1cccc(C#CCO)c1.NC(=O)c1ccc(O)c(Cl)c1. The number of phenolic OH excluding ortho intramolecular Hbond substituents is 1. The maximum Gasteiger partial charge on any atom is 0.248 e. The summed E-state index contributed by atoms with van der Waals surface area (Å²) in [6.45, 7) is -0.130. The van der Waals surface area contributed by atoms with Crippen molar-refractivity contribution in [3.63, 3.8) is 0 Å². The highest BCUT2D eigenvalue weighted by molar-refractivity contribution is 6.32. The van der Waals surface area contributed by atoms with Crippen LogP contribution in [0.2, 0.25) is 5.02 Å². The van der Waals surface area contributed by atoms with Crippen LogP contribution in [0.5, 0.6) is 5.75 Å². The van der Waals surface area contributed by atoms with Crippen LogP contribution >= 0.6 is 11.6 Å². The van der Waals surface area contributed by atoms with Gasteiger partial charge >= 0.3 is 0 Å². The van der Waals surface area contributed by atoms with Gasteiger partial charge in [0.15, 0.2) is 0 Å². The topological polar surface area (TPSA) is 107 Å². The zero-order chi connectivity index (χ0) is 17.2. The van der Waals surface area contributed by atoms with E-state index in [2.05, 4.69) is 11.8 Å². The number of benzene rings is 2. The third-order valence-electron chi connectivity index (χ3n) is 2.60. The number of hydrogen-bond acceptors (Lipinski definition) is 4. The molecule has 0 aliphatic heterocycles. The number of nitrogens with one attached hydrogen (secondary N) is 1. The molecule has 0 heterocycles. The Hall–Kier alpha value is -2.81. The third kappa shape index (κ3) is 6.22. The molecule has 0 saturated heterocycles. The third-order valence-corrected chi connectivity index (χ3v) is 2.90. The highest BCUT2D eigenvalue weighted by atomic mass is 35.5. The molecule has 0 aliphatic carbocycles. The number of rotatable bonds is 2. The molecule has 6 heteroatoms. The van der Waals surface area contributed by atoms with Gasteiger partial charge in [-0.15, -0.1) is 0 Å². The number of amides is 1. The average molecular weight is 331 g/mol. The Labute approximate surface area is 138 Å². The van der Waals surface area contributed by atoms with Gasteiger partial charge in [0.25, 0.3) is 0 Å². The quantitative estimate of drug-likeness (QED) is 0.500. The van der Waals surface area contributed by atoms with E-state index in [1.807, 2.05) is 18.2 Å². The van der Waals surface area contributed by atoms with E-state index in [-0.39, 0.29) is 22.9 Å². The molecule has 0 bridgehead atoms. The summed E-state index contributed by atoms with van der Waals surface area (Å²) >= 11 is 5.50. The number of carbonyl (C=O) groups excluding carboxylic acids is 1. The maximum absolute atomic E-state index is 10.5. The fourth-order valence-electron chi connectivity index (χ4n) is 1.51. The lowest BCUT2D eigenvalue weighted by Gasteiger charge is -1.97. The summed E-state index contributed by atoms with van der Waals surface area (Å²) in [6, 6.07) is 11.4. The molecule has 23 heavy (non-hydrogen) atoms. The second kappa shape index (κ2) is 9.26. The van der Waals surface area contributed by atoms with Crippen LogP contribution < -0.4 is 5.73 Å². The summed E-state index contributed by atoms with van der Waals surface area (Å²) in [6.07, 6.45) is 1.27. The van der Waals surface area contributed by atoms with Crippen molar-refractivity contribution in [1.29, 1.82) is 5.41 Å². The molecule has 2 rings (SSSR count). The largest absolute Gasteiger partial charge is 0.506 e. The summed E-state index contributed by atoms with van der Waals surface area (Å²) in [4.78, 5) is 10.5. The molecule has 0 aromatic heterocycles. The molecule has 0 spiro atoms. The van der Waals surface area contributed by atoms with Crippen molar-refractivity contribution in [2.45, 2.75) is 0 Å². The minimum absolute atomic E-state index is 0.0586. The number of carbonyl (C=O) groups is 1. The van der Waals surface area contributed by atoms with E-state index in [1.54, 1.807) is 6.07 Å². The van der Waals surface area contributed by atoms with Gasteiger partial charge in [0, 0.05) is 17.3 Å². The van der Waals surface area contributed by atoms with Crippen LogP contribution in [-0.4, -0.2) is 28.9 Å². The summed E-state index contributed by atoms with van der Waals surface area (Å²) < 4.78 is 0. The number of phenols is 1. The lowest BCUT2D eigenvalue weighted by Crippen LogP contribution is -2.10. The van der Waals surface area contributed by atoms with Gasteiger partial charge in [0.05, 0.1) is 5.02 Å². The van der Waals surface area contributed by atoms with Gasteiger partial charge in [0.2, 0.25) is 5.91 Å². The molecule has 1 amide bonds. The number of primary amides is 1. The van der Waals surface area contributed by atoms with E-state index in [4.69, 9.17) is 33.0 Å². The lowest BCUT2D eigenvalue weighted by molar-refractivity contribution is 0.100. The van der Waals surface area contributed by atoms with Crippen LogP contribution in [0.3, 0.4) is 0 Å². The number of aromatic hydroxyl groups is 1. The van der Waals surface area contributed by atoms with Crippen LogP contribution in [0.1, 0.15) is 21.5 Å². The Morgan fingerprint density at radius 1 is 1.30 bits per heavy atom. The van der Waals surface area contributed by atoms with Gasteiger partial charge in [-0.05, 0) is 35.9 Å². The van der Waals surface area contributed by atoms with E-state index >= 15 is 0 Å². The minimum atomic E-state index is -0.563. The smallest absolute Gasteiger partial charge is 0.248 e. The molecular weight excluding hydrogens is 316 g/mol.